The molecule has 3 N–H and O–H groups in total. The summed E-state index contributed by atoms with van der Waals surface area (Å²) in [5.74, 6) is -1.82. The van der Waals surface area contributed by atoms with Crippen LogP contribution in [0.3, 0.4) is 0 Å². The first-order valence-electron chi connectivity index (χ1n) is 11.7. The SMILES string of the molecule is CCC(=O)c1ccc(F)c([C@@H]2C[C@@H]2NC(=O)Nc2ccc(Br)cn2)c1OC(=O)c1cccc2[nH]ccc12. The van der Waals surface area contributed by atoms with Crippen molar-refractivity contribution in [3.63, 3.8) is 0 Å². The summed E-state index contributed by atoms with van der Waals surface area (Å²) in [7, 11) is 0. The molecule has 2 heterocycles. The minimum atomic E-state index is -0.702. The van der Waals surface area contributed by atoms with Crippen LogP contribution >= 0.6 is 15.9 Å². The minimum Gasteiger partial charge on any atom is -0.422 e. The number of hydrogen-bond acceptors (Lipinski definition) is 5. The minimum absolute atomic E-state index is 0.0981. The molecule has 2 atom stereocenters. The van der Waals surface area contributed by atoms with Crippen LogP contribution in [-0.4, -0.2) is 33.8 Å². The van der Waals surface area contributed by atoms with Gasteiger partial charge in [-0.15, -0.1) is 0 Å². The monoisotopic (exact) mass is 564 g/mol. The first-order chi connectivity index (χ1) is 17.9. The Morgan fingerprint density at radius 3 is 2.73 bits per heavy atom. The summed E-state index contributed by atoms with van der Waals surface area (Å²) >= 11 is 3.28. The molecule has 8 nitrogen and oxygen atoms in total. The summed E-state index contributed by atoms with van der Waals surface area (Å²) in [6, 6.07) is 11.9. The molecule has 0 unspecified atom stereocenters. The number of benzene rings is 2. The molecule has 188 valence electrons. The summed E-state index contributed by atoms with van der Waals surface area (Å²) in [6.45, 7) is 1.68. The van der Waals surface area contributed by atoms with Gasteiger partial charge in [-0.05, 0) is 64.8 Å². The number of urea groups is 1. The number of aromatic amines is 1. The van der Waals surface area contributed by atoms with Gasteiger partial charge in [0.1, 0.15) is 17.4 Å². The number of carbonyl (C=O) groups is 3. The van der Waals surface area contributed by atoms with Gasteiger partial charge in [0.15, 0.2) is 5.78 Å². The Morgan fingerprint density at radius 1 is 1.14 bits per heavy atom. The Hall–Kier alpha value is -4.05. The number of carbonyl (C=O) groups excluding carboxylic acids is 3. The van der Waals surface area contributed by atoms with Crippen LogP contribution in [0.1, 0.15) is 52.0 Å². The van der Waals surface area contributed by atoms with Crippen molar-refractivity contribution in [3.05, 3.63) is 87.9 Å². The number of esters is 1. The van der Waals surface area contributed by atoms with Gasteiger partial charge >= 0.3 is 12.0 Å². The number of anilines is 1. The maximum absolute atomic E-state index is 15.2. The van der Waals surface area contributed by atoms with Crippen LogP contribution in [0.4, 0.5) is 15.0 Å². The van der Waals surface area contributed by atoms with E-state index in [9.17, 15) is 14.4 Å². The Bertz CT molecular complexity index is 1520. The zero-order valence-electron chi connectivity index (χ0n) is 19.7. The third kappa shape index (κ3) is 5.10. The second kappa shape index (κ2) is 10.1. The summed E-state index contributed by atoms with van der Waals surface area (Å²) in [5.41, 5.74) is 1.26. The third-order valence-electron chi connectivity index (χ3n) is 6.22. The van der Waals surface area contributed by atoms with Gasteiger partial charge in [0.2, 0.25) is 0 Å². The smallest absolute Gasteiger partial charge is 0.344 e. The van der Waals surface area contributed by atoms with Crippen molar-refractivity contribution < 1.29 is 23.5 Å². The quantitative estimate of drug-likeness (QED) is 0.146. The molecular weight excluding hydrogens is 543 g/mol. The van der Waals surface area contributed by atoms with E-state index in [0.29, 0.717) is 17.6 Å². The van der Waals surface area contributed by atoms with Gasteiger partial charge in [0, 0.05) is 51.7 Å². The van der Waals surface area contributed by atoms with Gasteiger partial charge in [-0.25, -0.2) is 19.0 Å². The predicted molar refractivity (Wildman–Crippen MR) is 140 cm³/mol. The van der Waals surface area contributed by atoms with E-state index in [1.165, 1.54) is 12.1 Å². The van der Waals surface area contributed by atoms with Crippen LogP contribution in [0, 0.1) is 5.82 Å². The van der Waals surface area contributed by atoms with Gasteiger partial charge in [-0.3, -0.25) is 10.1 Å². The van der Waals surface area contributed by atoms with Crippen molar-refractivity contribution in [1.82, 2.24) is 15.3 Å². The molecule has 1 aliphatic rings. The number of ether oxygens (including phenoxy) is 1. The fraction of sp³-hybridized carbons (Fsp3) is 0.185. The Kier molecular flexibility index (Phi) is 6.75. The van der Waals surface area contributed by atoms with Crippen LogP contribution in [0.25, 0.3) is 10.9 Å². The molecule has 0 bridgehead atoms. The lowest BCUT2D eigenvalue weighted by Gasteiger charge is -2.16. The van der Waals surface area contributed by atoms with E-state index in [0.717, 1.165) is 9.99 Å². The fourth-order valence-electron chi connectivity index (χ4n) is 4.30. The number of amides is 2. The molecule has 10 heteroatoms. The van der Waals surface area contributed by atoms with Gasteiger partial charge in [0.05, 0.1) is 11.1 Å². The molecule has 2 aromatic heterocycles. The molecule has 1 saturated carbocycles. The van der Waals surface area contributed by atoms with Crippen LogP contribution in [0.15, 0.2) is 65.4 Å². The van der Waals surface area contributed by atoms with Gasteiger partial charge < -0.3 is 15.0 Å². The van der Waals surface area contributed by atoms with E-state index in [1.54, 1.807) is 49.6 Å². The van der Waals surface area contributed by atoms with E-state index in [4.69, 9.17) is 4.74 Å². The summed E-state index contributed by atoms with van der Waals surface area (Å²) in [6.07, 6.45) is 3.82. The molecule has 5 rings (SSSR count). The van der Waals surface area contributed by atoms with Gasteiger partial charge in [-0.1, -0.05) is 13.0 Å². The third-order valence-corrected chi connectivity index (χ3v) is 6.69. The van der Waals surface area contributed by atoms with Crippen molar-refractivity contribution >= 4 is 50.4 Å². The zero-order chi connectivity index (χ0) is 26.1. The highest BCUT2D eigenvalue weighted by Crippen LogP contribution is 2.47. The van der Waals surface area contributed by atoms with Crippen molar-refractivity contribution in [3.8, 4) is 5.75 Å². The lowest BCUT2D eigenvalue weighted by Crippen LogP contribution is -2.31. The van der Waals surface area contributed by atoms with Crippen molar-refractivity contribution in [2.45, 2.75) is 31.7 Å². The second-order valence-electron chi connectivity index (χ2n) is 8.66. The average Bonchev–Trinajstić information content (AvgIpc) is 3.44. The number of hydrogen-bond donors (Lipinski definition) is 3. The number of aromatic nitrogens is 2. The number of nitrogens with zero attached hydrogens (tertiary/aromatic N) is 1. The zero-order valence-corrected chi connectivity index (χ0v) is 21.3. The number of halogens is 2. The highest BCUT2D eigenvalue weighted by molar-refractivity contribution is 9.10. The van der Waals surface area contributed by atoms with E-state index >= 15 is 4.39 Å². The number of Topliss-reactive ketones (excluding diaryl/α,β-unsaturated/α-hetero) is 1. The first kappa shape index (κ1) is 24.6. The number of ketones is 1. The van der Waals surface area contributed by atoms with Crippen LogP contribution in [0.2, 0.25) is 0 Å². The second-order valence-corrected chi connectivity index (χ2v) is 9.57. The molecule has 0 spiro atoms. The molecular formula is C27H22BrFN4O4. The number of rotatable bonds is 7. The molecule has 37 heavy (non-hydrogen) atoms. The van der Waals surface area contributed by atoms with Crippen LogP contribution in [-0.2, 0) is 0 Å². The normalized spacial score (nSPS) is 16.3. The molecule has 0 saturated heterocycles. The molecule has 2 aromatic carbocycles. The first-order valence-corrected chi connectivity index (χ1v) is 12.5. The molecule has 0 radical (unpaired) electrons. The summed E-state index contributed by atoms with van der Waals surface area (Å²) < 4.78 is 21.7. The highest BCUT2D eigenvalue weighted by atomic mass is 79.9. The van der Waals surface area contributed by atoms with Gasteiger partial charge in [0.25, 0.3) is 0 Å². The van der Waals surface area contributed by atoms with Crippen molar-refractivity contribution in [2.24, 2.45) is 0 Å². The fourth-order valence-corrected chi connectivity index (χ4v) is 4.53. The number of fused-ring (bicyclic) bond motifs is 1. The van der Waals surface area contributed by atoms with E-state index < -0.39 is 29.8 Å². The van der Waals surface area contributed by atoms with Crippen molar-refractivity contribution in [2.75, 3.05) is 5.32 Å². The van der Waals surface area contributed by atoms with E-state index in [2.05, 4.69) is 36.5 Å². The maximum atomic E-state index is 15.2. The molecule has 1 fully saturated rings. The van der Waals surface area contributed by atoms with E-state index in [-0.39, 0.29) is 34.6 Å². The molecule has 0 aliphatic heterocycles. The number of H-pyrrole nitrogens is 1. The van der Waals surface area contributed by atoms with Crippen molar-refractivity contribution in [1.29, 1.82) is 0 Å². The van der Waals surface area contributed by atoms with E-state index in [1.807, 2.05) is 6.07 Å². The van der Waals surface area contributed by atoms with Crippen LogP contribution < -0.4 is 15.4 Å². The molecule has 4 aromatic rings. The Balaban J connectivity index is 1.41. The predicted octanol–water partition coefficient (Wildman–Crippen LogP) is 5.95. The maximum Gasteiger partial charge on any atom is 0.344 e. The lowest BCUT2D eigenvalue weighted by molar-refractivity contribution is 0.0732. The summed E-state index contributed by atoms with van der Waals surface area (Å²) in [4.78, 5) is 45.5. The Morgan fingerprint density at radius 2 is 1.97 bits per heavy atom. The summed E-state index contributed by atoms with van der Waals surface area (Å²) in [5, 5.41) is 6.07. The van der Waals surface area contributed by atoms with Crippen LogP contribution in [0.5, 0.6) is 5.75 Å². The molecule has 1 aliphatic carbocycles. The molecule has 2 amide bonds. The largest absolute Gasteiger partial charge is 0.422 e. The highest BCUT2D eigenvalue weighted by Gasteiger charge is 2.44. The standard InChI is InChI=1S/C27H22BrFN4O4/c1-2-22(34)17-7-8-19(29)24(18-12-21(18)32-27(36)33-23-9-6-14(28)13-31-23)25(17)37-26(35)16-4-3-5-20-15(16)10-11-30-20/h3-11,13,18,21,30H,2,12H2,1H3,(H2,31,32,33,36)/t18-,21+/m1/s1. The number of pyridine rings is 1. The Labute approximate surface area is 219 Å². The topological polar surface area (TPSA) is 113 Å². The van der Waals surface area contributed by atoms with Gasteiger partial charge in [-0.2, -0.15) is 0 Å². The number of nitrogens with one attached hydrogen (secondary N) is 3. The average molecular weight is 565 g/mol. The lowest BCUT2D eigenvalue weighted by atomic mass is 9.99.